The van der Waals surface area contributed by atoms with Crippen molar-refractivity contribution in [2.75, 3.05) is 0 Å². The number of hydrogen-bond donors (Lipinski definition) is 0. The summed E-state index contributed by atoms with van der Waals surface area (Å²) in [6, 6.07) is 112. The van der Waals surface area contributed by atoms with Crippen molar-refractivity contribution in [3.05, 3.63) is 332 Å². The fourth-order valence-electron chi connectivity index (χ4n) is 14.7. The first-order chi connectivity index (χ1) is 47.7. The average molecular weight is 1240 g/mol. The summed E-state index contributed by atoms with van der Waals surface area (Å²) < 4.78 is 7.59. The quantitative estimate of drug-likeness (QED) is 0.129. The Hall–Kier alpha value is -12.6. The summed E-state index contributed by atoms with van der Waals surface area (Å²) in [5, 5.41) is 6.83. The second kappa shape index (κ2) is 23.2. The zero-order valence-corrected chi connectivity index (χ0v) is 54.1. The lowest BCUT2D eigenvalue weighted by Gasteiger charge is -2.27. The molecule has 0 aliphatic carbocycles. The molecule has 0 fully saturated rings. The molecule has 18 rings (SSSR count). The van der Waals surface area contributed by atoms with E-state index >= 15 is 0 Å². The van der Waals surface area contributed by atoms with Crippen LogP contribution in [0.4, 0.5) is 0 Å². The fourth-order valence-corrected chi connectivity index (χ4v) is 14.7. The number of rotatable bonds is 11. The van der Waals surface area contributed by atoms with Gasteiger partial charge in [-0.15, -0.1) is 0 Å². The molecule has 0 saturated carbocycles. The van der Waals surface area contributed by atoms with E-state index in [1.54, 1.807) is 0 Å². The third kappa shape index (κ3) is 9.81. The van der Waals surface area contributed by atoms with Crippen molar-refractivity contribution in [3.63, 3.8) is 0 Å². The first-order valence-corrected chi connectivity index (χ1v) is 33.2. The first kappa shape index (κ1) is 57.1. The van der Waals surface area contributed by atoms with Gasteiger partial charge >= 0.3 is 0 Å². The maximum absolute atomic E-state index is 6.00. The van der Waals surface area contributed by atoms with Crippen molar-refractivity contribution < 1.29 is 0 Å². The number of benzene rings is 13. The molecule has 13 aromatic carbocycles. The van der Waals surface area contributed by atoms with E-state index in [2.05, 4.69) is 351 Å². The largest absolute Gasteiger partial charge is 0.308 e. The molecule has 18 aromatic rings. The highest BCUT2D eigenvalue weighted by molar-refractivity contribution is 6.16. The lowest BCUT2D eigenvalue weighted by Crippen LogP contribution is -2.12. The highest BCUT2D eigenvalue weighted by atomic mass is 15.1. The average Bonchev–Trinajstić information content (AvgIpc) is 1.47. The Morgan fingerprint density at radius 1 is 0.206 bits per heavy atom. The molecule has 0 radical (unpaired) electrons. The molecule has 0 saturated heterocycles. The molecule has 0 unspecified atom stereocenters. The number of aryl methyl sites for hydroxylation is 4. The second-order valence-electron chi connectivity index (χ2n) is 25.7. The highest BCUT2D eigenvalue weighted by Crippen LogP contribution is 2.52. The highest BCUT2D eigenvalue weighted by Gasteiger charge is 2.33. The zero-order valence-electron chi connectivity index (χ0n) is 54.1. The summed E-state index contributed by atoms with van der Waals surface area (Å²) in [6.45, 7) is 8.78. The summed E-state index contributed by atoms with van der Waals surface area (Å²) >= 11 is 0. The van der Waals surface area contributed by atoms with Crippen LogP contribution in [0.15, 0.2) is 309 Å². The minimum atomic E-state index is 0.600. The van der Waals surface area contributed by atoms with Gasteiger partial charge in [0.25, 0.3) is 0 Å². The lowest BCUT2D eigenvalue weighted by atomic mass is 9.94. The van der Waals surface area contributed by atoms with Crippen molar-refractivity contribution in [3.8, 4) is 107 Å². The maximum Gasteiger partial charge on any atom is 0.160 e. The minimum Gasteiger partial charge on any atom is -0.308 e. The Labute approximate surface area is 562 Å². The van der Waals surface area contributed by atoms with Gasteiger partial charge in [-0.3, -0.25) is 0 Å². The van der Waals surface area contributed by atoms with E-state index in [1.165, 1.54) is 22.3 Å². The molecule has 0 atom stereocenters. The SMILES string of the molecule is Cc1ccc2c(c1)c1cc(C)ccc1n2-c1cc(-n2c3ccc(C)cc3c3cc(C)ccc32)c(-c2cc(-c3ccccc3)nc(-c3ccccc3)n2)c(-n2c3ccc(-c4ccccc4)cc3c3cc(-c4ccccc4)ccc32)c1-c1cc(-c2ccccc2)nc(-c2ccccc2)n1. The molecular weight excluding hydrogens is 1180 g/mol. The molecular formula is C90H63N7. The van der Waals surface area contributed by atoms with Gasteiger partial charge in [-0.2, -0.15) is 0 Å². The normalized spacial score (nSPS) is 11.7. The third-order valence-corrected chi connectivity index (χ3v) is 19.3. The van der Waals surface area contributed by atoms with Crippen LogP contribution in [-0.2, 0) is 0 Å². The molecule has 5 aromatic heterocycles. The number of fused-ring (bicyclic) bond motifs is 9. The molecule has 0 amide bonds. The molecule has 5 heterocycles. The Bertz CT molecular complexity index is 5530. The second-order valence-corrected chi connectivity index (χ2v) is 25.7. The van der Waals surface area contributed by atoms with Gasteiger partial charge in [-0.05, 0) is 141 Å². The molecule has 0 N–H and O–H groups in total. The van der Waals surface area contributed by atoms with Gasteiger partial charge in [0, 0.05) is 65.7 Å². The van der Waals surface area contributed by atoms with Crippen LogP contribution in [0.5, 0.6) is 0 Å². The van der Waals surface area contributed by atoms with Gasteiger partial charge in [0.15, 0.2) is 11.6 Å². The van der Waals surface area contributed by atoms with Crippen molar-refractivity contribution in [2.45, 2.75) is 27.7 Å². The molecule has 0 aliphatic heterocycles. The number of hydrogen-bond acceptors (Lipinski definition) is 4. The molecule has 97 heavy (non-hydrogen) atoms. The minimum absolute atomic E-state index is 0.600. The van der Waals surface area contributed by atoms with E-state index in [1.807, 2.05) is 0 Å². The summed E-state index contributed by atoms with van der Waals surface area (Å²) in [7, 11) is 0. The van der Waals surface area contributed by atoms with Gasteiger partial charge in [0.05, 0.1) is 72.9 Å². The summed E-state index contributed by atoms with van der Waals surface area (Å²) in [5.74, 6) is 1.20. The van der Waals surface area contributed by atoms with Gasteiger partial charge in [0.2, 0.25) is 0 Å². The third-order valence-electron chi connectivity index (χ3n) is 19.3. The van der Waals surface area contributed by atoms with E-state index in [9.17, 15) is 0 Å². The Morgan fingerprint density at radius 2 is 0.474 bits per heavy atom. The number of aromatic nitrogens is 7. The van der Waals surface area contributed by atoms with Gasteiger partial charge in [-0.1, -0.05) is 241 Å². The van der Waals surface area contributed by atoms with Crippen molar-refractivity contribution >= 4 is 65.4 Å². The molecule has 0 bridgehead atoms. The van der Waals surface area contributed by atoms with Crippen LogP contribution in [-0.4, -0.2) is 33.6 Å². The van der Waals surface area contributed by atoms with E-state index in [0.717, 1.165) is 161 Å². The predicted octanol–water partition coefficient (Wildman–Crippen LogP) is 23.1. The van der Waals surface area contributed by atoms with E-state index in [4.69, 9.17) is 19.9 Å². The van der Waals surface area contributed by atoms with E-state index < -0.39 is 0 Å². The topological polar surface area (TPSA) is 66.3 Å². The smallest absolute Gasteiger partial charge is 0.160 e. The lowest BCUT2D eigenvalue weighted by molar-refractivity contribution is 1.08. The van der Waals surface area contributed by atoms with Crippen LogP contribution in [0.1, 0.15) is 22.3 Å². The summed E-state index contributed by atoms with van der Waals surface area (Å²) in [4.78, 5) is 23.1. The molecule has 0 aliphatic rings. The van der Waals surface area contributed by atoms with Crippen molar-refractivity contribution in [1.82, 2.24) is 33.6 Å². The Balaban J connectivity index is 1.14. The summed E-state index contributed by atoms with van der Waals surface area (Å²) in [5.41, 5.74) is 26.7. The van der Waals surface area contributed by atoms with E-state index in [0.29, 0.717) is 11.6 Å². The Kier molecular flexibility index (Phi) is 13.6. The predicted molar refractivity (Wildman–Crippen MR) is 403 cm³/mol. The summed E-state index contributed by atoms with van der Waals surface area (Å²) in [6.07, 6.45) is 0. The van der Waals surface area contributed by atoms with Gasteiger partial charge in [0.1, 0.15) is 0 Å². The van der Waals surface area contributed by atoms with Crippen LogP contribution >= 0.6 is 0 Å². The maximum atomic E-state index is 6.00. The van der Waals surface area contributed by atoms with Crippen LogP contribution in [0.3, 0.4) is 0 Å². The number of nitrogens with zero attached hydrogens (tertiary/aromatic N) is 7. The zero-order chi connectivity index (χ0) is 64.8. The molecule has 0 spiro atoms. The van der Waals surface area contributed by atoms with Gasteiger partial charge in [-0.25, -0.2) is 19.9 Å². The Morgan fingerprint density at radius 3 is 0.804 bits per heavy atom. The molecule has 7 nitrogen and oxygen atoms in total. The first-order valence-electron chi connectivity index (χ1n) is 33.2. The molecule has 7 heteroatoms. The van der Waals surface area contributed by atoms with Crippen molar-refractivity contribution in [1.29, 1.82) is 0 Å². The fraction of sp³-hybridized carbons (Fsp3) is 0.0444. The van der Waals surface area contributed by atoms with E-state index in [-0.39, 0.29) is 0 Å². The standard InChI is InChI=1S/C90H63N7/c1-56-35-41-78-68(47-56)69-48-57(2)36-42-79(69)95(78)84-55-85(96-80-43-37-58(3)49-70(80)71-50-59(4)38-44-81(71)96)87(77-54-75(63-29-17-8-18-30-63)92-90(94-77)65-33-21-10-22-34-65)88(86(84)76-53-74(62-27-15-7-16-28-62)91-89(93-76)64-31-19-9-20-32-64)97-82-45-39-66(60-23-11-5-12-24-60)51-72(82)73-52-67(40-46-83(73)97)61-25-13-6-14-26-61/h5-55H,1-4H3. The van der Waals surface area contributed by atoms with Crippen LogP contribution < -0.4 is 0 Å². The van der Waals surface area contributed by atoms with Gasteiger partial charge < -0.3 is 13.7 Å². The molecule has 458 valence electrons. The van der Waals surface area contributed by atoms with Crippen molar-refractivity contribution in [2.24, 2.45) is 0 Å². The van der Waals surface area contributed by atoms with Crippen LogP contribution in [0, 0.1) is 27.7 Å². The van der Waals surface area contributed by atoms with Crippen LogP contribution in [0.2, 0.25) is 0 Å². The van der Waals surface area contributed by atoms with Crippen LogP contribution in [0.25, 0.3) is 173 Å². The monoisotopic (exact) mass is 1240 g/mol.